The monoisotopic (exact) mass is 731 g/mol. The van der Waals surface area contributed by atoms with Gasteiger partial charge in [-0.2, -0.15) is 0 Å². The van der Waals surface area contributed by atoms with Crippen LogP contribution in [0.3, 0.4) is 0 Å². The van der Waals surface area contributed by atoms with Crippen molar-refractivity contribution in [3.05, 3.63) is 127 Å². The average Bonchev–Trinajstić information content (AvgIpc) is 3.41. The molecular formula is C32H33NpOP2+. The van der Waals surface area contributed by atoms with E-state index in [0.29, 0.717) is 11.6 Å². The number of hydrogen-bond donors (Lipinski definition) is 0. The molecule has 1 saturated carbocycles. The van der Waals surface area contributed by atoms with Crippen molar-refractivity contribution < 1.29 is 34.7 Å². The number of hydrogen-bond acceptors (Lipinski definition) is 1. The molecule has 0 spiro atoms. The molecule has 1 nitrogen and oxygen atoms in total. The molecule has 4 aromatic carbocycles. The van der Waals surface area contributed by atoms with Gasteiger partial charge in [0.1, 0.15) is 0 Å². The third kappa shape index (κ3) is 6.05. The molecule has 3 unspecified atom stereocenters. The Morgan fingerprint density at radius 1 is 0.750 bits per heavy atom. The van der Waals surface area contributed by atoms with E-state index in [1.54, 1.807) is 0 Å². The molecule has 4 aromatic rings. The van der Waals surface area contributed by atoms with Crippen molar-refractivity contribution in [1.29, 1.82) is 0 Å². The number of benzene rings is 4. The van der Waals surface area contributed by atoms with E-state index in [2.05, 4.69) is 115 Å². The minimum Gasteiger partial charge on any atom is -0.376 e. The molecule has 0 N–H and O–H groups in total. The Hall–Kier alpha value is -1.29. The predicted octanol–water partition coefficient (Wildman–Crippen LogP) is 6.51. The van der Waals surface area contributed by atoms with Crippen LogP contribution in [0.5, 0.6) is 0 Å². The van der Waals surface area contributed by atoms with Gasteiger partial charge in [0.2, 0.25) is 0 Å². The van der Waals surface area contributed by atoms with Crippen molar-refractivity contribution >= 4 is 37.1 Å². The fourth-order valence-electron chi connectivity index (χ4n) is 5.63. The molecule has 0 bridgehead atoms. The zero-order chi connectivity index (χ0) is 24.0. The third-order valence-corrected chi connectivity index (χ3v) is 12.3. The van der Waals surface area contributed by atoms with Crippen LogP contribution < -0.4 is 21.2 Å². The summed E-state index contributed by atoms with van der Waals surface area (Å²) in [7, 11) is 0.0236. The Morgan fingerprint density at radius 2 is 1.28 bits per heavy atom. The van der Waals surface area contributed by atoms with Crippen molar-refractivity contribution in [3.63, 3.8) is 0 Å². The van der Waals surface area contributed by atoms with Gasteiger partial charge in [-0.15, -0.1) is 0 Å². The normalized spacial score (nSPS) is 19.0. The van der Waals surface area contributed by atoms with Crippen LogP contribution in [-0.2, 0) is 4.74 Å². The van der Waals surface area contributed by atoms with Gasteiger partial charge >= 0.3 is 0 Å². The van der Waals surface area contributed by atoms with Crippen molar-refractivity contribution in [2.45, 2.75) is 31.0 Å². The summed E-state index contributed by atoms with van der Waals surface area (Å²) >= 11 is 0. The Bertz CT molecular complexity index is 1160. The summed E-state index contributed by atoms with van der Waals surface area (Å²) in [4.78, 5) is 0. The quantitative estimate of drug-likeness (QED) is 0.188. The Morgan fingerprint density at radius 3 is 1.86 bits per heavy atom. The summed E-state index contributed by atoms with van der Waals surface area (Å²) in [5, 5.41) is 5.45. The molecule has 0 aliphatic heterocycles. The molecule has 36 heavy (non-hydrogen) atoms. The van der Waals surface area contributed by atoms with Crippen LogP contribution >= 0.6 is 15.8 Å². The zero-order valence-electron chi connectivity index (χ0n) is 20.7. The summed E-state index contributed by atoms with van der Waals surface area (Å²) in [6, 6.07) is 41.6. The second-order valence-corrected chi connectivity index (χ2v) is 13.7. The predicted molar refractivity (Wildman–Crippen MR) is 155 cm³/mol. The molecule has 1 aliphatic rings. The van der Waals surface area contributed by atoms with Crippen LogP contribution in [-0.4, -0.2) is 12.8 Å². The van der Waals surface area contributed by atoms with Gasteiger partial charge in [-0.05, 0) is 60.8 Å². The maximum Gasteiger partial charge on any atom is 0.153 e. The van der Waals surface area contributed by atoms with Crippen molar-refractivity contribution in [2.24, 2.45) is 5.92 Å². The minimum atomic E-state index is -1.17. The van der Waals surface area contributed by atoms with E-state index in [9.17, 15) is 0 Å². The fourth-order valence-corrected chi connectivity index (χ4v) is 10.4. The van der Waals surface area contributed by atoms with E-state index in [4.69, 9.17) is 11.4 Å². The Balaban J connectivity index is 0.00000304. The summed E-state index contributed by atoms with van der Waals surface area (Å²) < 4.78 is 6.37. The maximum atomic E-state index is 6.99. The van der Waals surface area contributed by atoms with E-state index in [1.165, 1.54) is 46.0 Å². The first-order valence-electron chi connectivity index (χ1n) is 12.5. The van der Waals surface area contributed by atoms with Gasteiger partial charge in [-0.25, -0.2) is 0 Å². The number of ether oxygens (including phenoxy) is 1. The summed E-state index contributed by atoms with van der Waals surface area (Å²) in [6.45, 7) is 6.99. The first kappa shape index (κ1) is 27.7. The number of methoxy groups -OCH3 is 1. The van der Waals surface area contributed by atoms with Gasteiger partial charge in [-0.3, -0.25) is 0 Å². The van der Waals surface area contributed by atoms with E-state index < -0.39 is 15.8 Å². The molecule has 1 fully saturated rings. The smallest absolute Gasteiger partial charge is 0.153 e. The molecule has 0 saturated heterocycles. The molecule has 3 radical (unpaired) electrons. The first-order chi connectivity index (χ1) is 17.3. The molecule has 5 rings (SSSR count). The largest absolute Gasteiger partial charge is 0.376 e. The molecule has 4 heteroatoms. The fraction of sp³-hybridized carbons (Fsp3) is 0.219. The summed E-state index contributed by atoms with van der Waals surface area (Å²) in [5.74, 6) is 0.434. The maximum absolute atomic E-state index is 6.99. The van der Waals surface area contributed by atoms with Crippen LogP contribution in [0.1, 0.15) is 30.9 Å². The third-order valence-electron chi connectivity index (χ3n) is 7.23. The summed E-state index contributed by atoms with van der Waals surface area (Å²) in [6.07, 6.45) is 3.63. The van der Waals surface area contributed by atoms with Crippen molar-refractivity contribution in [2.75, 3.05) is 7.11 Å². The van der Waals surface area contributed by atoms with Gasteiger partial charge in [0.05, 0.1) is 17.1 Å². The summed E-state index contributed by atoms with van der Waals surface area (Å²) in [5.41, 5.74) is 1.83. The van der Waals surface area contributed by atoms with Crippen LogP contribution in [0, 0.1) is 42.5 Å². The molecule has 4 atom stereocenters. The van der Waals surface area contributed by atoms with Gasteiger partial charge in [0, 0.05) is 50.9 Å². The van der Waals surface area contributed by atoms with Crippen molar-refractivity contribution in [3.8, 4) is 0 Å². The molecule has 181 valence electrons. The molecule has 1 aliphatic carbocycles. The van der Waals surface area contributed by atoms with Gasteiger partial charge in [-0.1, -0.05) is 103 Å². The zero-order valence-corrected chi connectivity index (χ0v) is 26.3. The standard InChI is InChI=1S/C32H33OP2.Np/c1-33-32(28-22-14-24-30(28)34(2)25-15-6-3-7-16-25)29-21-12-13-23-31(29)35(26-17-8-4-9-18-26)27-19-10-5-11-20-27;/h2-13,15-21,23,28,30,32,34H,14,22,24H2,1H3;/q+1;/t28?,30?,32-;/m1./s1. The van der Waals surface area contributed by atoms with Crippen LogP contribution in [0.25, 0.3) is 0 Å². The number of rotatable bonds is 8. The van der Waals surface area contributed by atoms with Crippen LogP contribution in [0.4, 0.5) is 0 Å². The van der Waals surface area contributed by atoms with Crippen LogP contribution in [0.15, 0.2) is 115 Å². The van der Waals surface area contributed by atoms with Crippen molar-refractivity contribution in [1.82, 2.24) is 0 Å². The van der Waals surface area contributed by atoms with E-state index >= 15 is 0 Å². The second-order valence-electron chi connectivity index (χ2n) is 9.24. The topological polar surface area (TPSA) is 9.23 Å². The van der Waals surface area contributed by atoms with Gasteiger partial charge in [0.25, 0.3) is 0 Å². The van der Waals surface area contributed by atoms with Gasteiger partial charge in [0.15, 0.2) is 6.66 Å². The molecule has 0 heterocycles. The van der Waals surface area contributed by atoms with E-state index in [0.717, 1.165) is 0 Å². The second kappa shape index (κ2) is 13.5. The molecule has 0 amide bonds. The van der Waals surface area contributed by atoms with Gasteiger partial charge < -0.3 is 4.74 Å². The van der Waals surface area contributed by atoms with Crippen LogP contribution in [0.2, 0.25) is 0 Å². The minimum absolute atomic E-state index is 0. The van der Waals surface area contributed by atoms with E-state index in [1.807, 2.05) is 7.11 Å². The Labute approximate surface area is 241 Å². The SMILES string of the molecule is [CH][PH+](c1ccccc1)C1CCCC1[C@@H](OC)c1ccccc1P(c1ccccc1)c1ccccc1.[Np]. The first-order valence-corrected chi connectivity index (χ1v) is 15.5. The Kier molecular flexibility index (Phi) is 10.4. The molecule has 0 aromatic heterocycles. The van der Waals surface area contributed by atoms with E-state index in [-0.39, 0.29) is 36.0 Å². The average molecular weight is 733 g/mol. The molecular weight excluding hydrogens is 699 g/mol.